The second kappa shape index (κ2) is 8.67. The maximum Gasteiger partial charge on any atom is 0.317 e. The van der Waals surface area contributed by atoms with Gasteiger partial charge in [-0.25, -0.2) is 0 Å². The van der Waals surface area contributed by atoms with Crippen LogP contribution >= 0.6 is 23.2 Å². The van der Waals surface area contributed by atoms with E-state index in [1.54, 1.807) is 35.0 Å². The van der Waals surface area contributed by atoms with E-state index in [0.29, 0.717) is 41.8 Å². The summed E-state index contributed by atoms with van der Waals surface area (Å²) in [5, 5.41) is 9.63. The van der Waals surface area contributed by atoms with Crippen LogP contribution in [0.1, 0.15) is 5.56 Å². The maximum atomic E-state index is 12.5. The molecule has 1 aliphatic rings. The average Bonchev–Trinajstić information content (AvgIpc) is 2.51. The molecule has 1 aromatic rings. The number of hydrogen-bond acceptors (Lipinski definition) is 4. The molecular formula is C16H20Cl2N2O4. The molecule has 8 heteroatoms. The highest BCUT2D eigenvalue weighted by Crippen LogP contribution is 2.26. The first-order valence-corrected chi connectivity index (χ1v) is 8.35. The fourth-order valence-electron chi connectivity index (χ4n) is 2.66. The van der Waals surface area contributed by atoms with Gasteiger partial charge in [-0.05, 0) is 18.7 Å². The van der Waals surface area contributed by atoms with Crippen molar-refractivity contribution < 1.29 is 19.4 Å². The van der Waals surface area contributed by atoms with Gasteiger partial charge in [-0.2, -0.15) is 0 Å². The summed E-state index contributed by atoms with van der Waals surface area (Å²) in [4.78, 5) is 26.6. The van der Waals surface area contributed by atoms with E-state index in [0.717, 1.165) is 0 Å². The van der Waals surface area contributed by atoms with Crippen molar-refractivity contribution in [2.45, 2.75) is 12.5 Å². The number of morpholine rings is 1. The first-order valence-electron chi connectivity index (χ1n) is 7.59. The van der Waals surface area contributed by atoms with Gasteiger partial charge in [-0.3, -0.25) is 14.5 Å². The standard InChI is InChI=1S/C16H20Cl2N2O4/c1-19(10-15(22)23)8-12-9-20(5-6-24-12)14(21)7-11-3-2-4-13(17)16(11)18/h2-4,12H,5-10H2,1H3,(H,22,23). The number of hydrogen-bond donors (Lipinski definition) is 1. The molecule has 1 fully saturated rings. The number of amides is 1. The Labute approximate surface area is 150 Å². The Morgan fingerprint density at radius 1 is 1.42 bits per heavy atom. The molecule has 0 aliphatic carbocycles. The van der Waals surface area contributed by atoms with E-state index in [9.17, 15) is 9.59 Å². The molecule has 6 nitrogen and oxygen atoms in total. The lowest BCUT2D eigenvalue weighted by molar-refractivity contribution is -0.142. The van der Waals surface area contributed by atoms with Crippen LogP contribution < -0.4 is 0 Å². The molecule has 1 saturated heterocycles. The number of carboxylic acid groups (broad SMARTS) is 1. The molecule has 2 rings (SSSR count). The van der Waals surface area contributed by atoms with E-state index >= 15 is 0 Å². The van der Waals surface area contributed by atoms with E-state index in [1.807, 2.05) is 0 Å². The van der Waals surface area contributed by atoms with E-state index in [2.05, 4.69) is 0 Å². The van der Waals surface area contributed by atoms with Crippen molar-refractivity contribution in [1.82, 2.24) is 9.80 Å². The third-order valence-corrected chi connectivity index (χ3v) is 4.64. The van der Waals surface area contributed by atoms with E-state index in [1.165, 1.54) is 0 Å². The van der Waals surface area contributed by atoms with Crippen LogP contribution in [0.4, 0.5) is 0 Å². The summed E-state index contributed by atoms with van der Waals surface area (Å²) in [7, 11) is 1.71. The number of halogens is 2. The van der Waals surface area contributed by atoms with Crippen LogP contribution in [0.25, 0.3) is 0 Å². The Balaban J connectivity index is 1.92. The Bertz CT molecular complexity index is 612. The van der Waals surface area contributed by atoms with Crippen LogP contribution in [0.2, 0.25) is 10.0 Å². The summed E-state index contributed by atoms with van der Waals surface area (Å²) in [6, 6.07) is 5.23. The van der Waals surface area contributed by atoms with Gasteiger partial charge in [-0.15, -0.1) is 0 Å². The van der Waals surface area contributed by atoms with Crippen LogP contribution in [0.5, 0.6) is 0 Å². The lowest BCUT2D eigenvalue weighted by Crippen LogP contribution is -2.50. The van der Waals surface area contributed by atoms with Gasteiger partial charge >= 0.3 is 5.97 Å². The third kappa shape index (κ3) is 5.34. The van der Waals surface area contributed by atoms with Crippen LogP contribution in [0.3, 0.4) is 0 Å². The number of ether oxygens (including phenoxy) is 1. The summed E-state index contributed by atoms with van der Waals surface area (Å²) in [5.41, 5.74) is 0.695. The normalized spacial score (nSPS) is 18.0. The molecule has 0 spiro atoms. The zero-order valence-electron chi connectivity index (χ0n) is 13.4. The lowest BCUT2D eigenvalue weighted by Gasteiger charge is -2.34. The zero-order valence-corrected chi connectivity index (χ0v) is 14.9. The van der Waals surface area contributed by atoms with Crippen molar-refractivity contribution in [3.63, 3.8) is 0 Å². The highest BCUT2D eigenvalue weighted by molar-refractivity contribution is 6.42. The number of carboxylic acids is 1. The Kier molecular flexibility index (Phi) is 6.86. The minimum absolute atomic E-state index is 0.0478. The molecule has 0 aromatic heterocycles. The number of rotatable bonds is 6. The highest BCUT2D eigenvalue weighted by Gasteiger charge is 2.26. The highest BCUT2D eigenvalue weighted by atomic mass is 35.5. The second-order valence-electron chi connectivity index (χ2n) is 5.81. The van der Waals surface area contributed by atoms with Crippen LogP contribution in [-0.4, -0.2) is 72.7 Å². The monoisotopic (exact) mass is 374 g/mol. The van der Waals surface area contributed by atoms with Gasteiger partial charge in [-0.1, -0.05) is 35.3 Å². The molecule has 1 aliphatic heterocycles. The number of carbonyl (C=O) groups excluding carboxylic acids is 1. The predicted octanol–water partition coefficient (Wildman–Crippen LogP) is 1.78. The number of benzene rings is 1. The Morgan fingerprint density at radius 3 is 2.88 bits per heavy atom. The van der Waals surface area contributed by atoms with Crippen molar-refractivity contribution in [1.29, 1.82) is 0 Å². The van der Waals surface area contributed by atoms with Crippen molar-refractivity contribution in [2.24, 2.45) is 0 Å². The minimum atomic E-state index is -0.892. The summed E-state index contributed by atoms with van der Waals surface area (Å²) in [6.07, 6.45) is -0.0289. The maximum absolute atomic E-state index is 12.5. The Hall–Kier alpha value is -1.34. The molecule has 1 N–H and O–H groups in total. The molecule has 0 saturated carbocycles. The number of aliphatic carboxylic acids is 1. The SMILES string of the molecule is CN(CC(=O)O)CC1CN(C(=O)Cc2cccc(Cl)c2Cl)CCO1. The number of likely N-dealkylation sites (N-methyl/N-ethyl adjacent to an activating group) is 1. The van der Waals surface area contributed by atoms with Gasteiger partial charge in [0.2, 0.25) is 5.91 Å². The molecule has 1 heterocycles. The van der Waals surface area contributed by atoms with Gasteiger partial charge in [0.25, 0.3) is 0 Å². The molecular weight excluding hydrogens is 355 g/mol. The summed E-state index contributed by atoms with van der Waals surface area (Å²) < 4.78 is 5.63. The average molecular weight is 375 g/mol. The first-order chi connectivity index (χ1) is 11.4. The molecule has 0 radical (unpaired) electrons. The van der Waals surface area contributed by atoms with Crippen LogP contribution in [-0.2, 0) is 20.7 Å². The Morgan fingerprint density at radius 2 is 2.17 bits per heavy atom. The smallest absolute Gasteiger partial charge is 0.317 e. The molecule has 24 heavy (non-hydrogen) atoms. The quantitative estimate of drug-likeness (QED) is 0.821. The molecule has 0 bridgehead atoms. The van der Waals surface area contributed by atoms with E-state index < -0.39 is 5.97 Å². The zero-order chi connectivity index (χ0) is 17.7. The molecule has 1 aromatic carbocycles. The number of nitrogens with zero attached hydrogens (tertiary/aromatic N) is 2. The number of carbonyl (C=O) groups is 2. The van der Waals surface area contributed by atoms with Crippen LogP contribution in [0, 0.1) is 0 Å². The largest absolute Gasteiger partial charge is 0.480 e. The van der Waals surface area contributed by atoms with Gasteiger partial charge in [0.15, 0.2) is 0 Å². The van der Waals surface area contributed by atoms with Gasteiger partial charge in [0.1, 0.15) is 0 Å². The van der Waals surface area contributed by atoms with Crippen molar-refractivity contribution in [3.8, 4) is 0 Å². The van der Waals surface area contributed by atoms with Gasteiger partial charge in [0.05, 0.1) is 35.7 Å². The van der Waals surface area contributed by atoms with Crippen molar-refractivity contribution in [3.05, 3.63) is 33.8 Å². The topological polar surface area (TPSA) is 70.1 Å². The summed E-state index contributed by atoms with van der Waals surface area (Å²) >= 11 is 12.1. The van der Waals surface area contributed by atoms with E-state index in [-0.39, 0.29) is 25.0 Å². The fraction of sp³-hybridized carbons (Fsp3) is 0.500. The lowest BCUT2D eigenvalue weighted by atomic mass is 10.1. The van der Waals surface area contributed by atoms with Crippen molar-refractivity contribution in [2.75, 3.05) is 39.8 Å². The first kappa shape index (κ1) is 19.0. The van der Waals surface area contributed by atoms with Crippen LogP contribution in [0.15, 0.2) is 18.2 Å². The van der Waals surface area contributed by atoms with E-state index in [4.69, 9.17) is 33.0 Å². The van der Waals surface area contributed by atoms with Gasteiger partial charge < -0.3 is 14.7 Å². The molecule has 1 amide bonds. The molecule has 1 atom stereocenters. The predicted molar refractivity (Wildman–Crippen MR) is 91.6 cm³/mol. The molecule has 1 unspecified atom stereocenters. The van der Waals surface area contributed by atoms with Gasteiger partial charge in [0, 0.05) is 19.6 Å². The summed E-state index contributed by atoms with van der Waals surface area (Å²) in [5.74, 6) is -0.940. The summed E-state index contributed by atoms with van der Waals surface area (Å²) in [6.45, 7) is 1.76. The second-order valence-corrected chi connectivity index (χ2v) is 6.60. The minimum Gasteiger partial charge on any atom is -0.480 e. The third-order valence-electron chi connectivity index (χ3n) is 3.79. The van der Waals surface area contributed by atoms with Crippen molar-refractivity contribution >= 4 is 35.1 Å². The molecule has 132 valence electrons. The fourth-order valence-corrected chi connectivity index (χ4v) is 3.05.